The van der Waals surface area contributed by atoms with Crippen LogP contribution in [0.1, 0.15) is 168 Å². The molecule has 374 valence electrons. The van der Waals surface area contributed by atoms with Crippen molar-refractivity contribution in [3.63, 3.8) is 0 Å². The summed E-state index contributed by atoms with van der Waals surface area (Å²) in [6.07, 6.45) is 30.6. The summed E-state index contributed by atoms with van der Waals surface area (Å²) >= 11 is 0. The van der Waals surface area contributed by atoms with Crippen LogP contribution in [-0.2, 0) is 28.8 Å². The van der Waals surface area contributed by atoms with Gasteiger partial charge in [-0.3, -0.25) is 28.8 Å². The molecule has 0 aromatic heterocycles. The van der Waals surface area contributed by atoms with Crippen molar-refractivity contribution >= 4 is 97.0 Å². The smallest absolute Gasteiger partial charge is 0.250 e. The quantitative estimate of drug-likeness (QED) is 0.0107. The van der Waals surface area contributed by atoms with E-state index in [1.165, 1.54) is 159 Å². The summed E-state index contributed by atoms with van der Waals surface area (Å²) in [6, 6.07) is -1.01. The standard InChI is InChI=1S/C44H83N11O6S4/c1-3-5-7-9-11-13-15-17-19-21-23-27-51-54-41(59)35-64-62-33-39(57)48-30-29-47-38(56)26-25-37(53-44(45)46)43(61)50-32-31-49-40(58)34-63-65-36-42(60)55-52-28-24-22-20-18-16-14-12-10-8-6-4-2/h27-28,37H,3-26,29-36H2,1-2H3,(H,47,56)(H,48,57)(H,49,58)(H,50,61)(H,54,59)(H,55,60)(H4,45,46,53)/b51-27-,52-28-/t37-/m0/s1. The highest BCUT2D eigenvalue weighted by Crippen LogP contribution is 2.21. The molecule has 0 rings (SSSR count). The second-order valence-corrected chi connectivity index (χ2v) is 20.6. The van der Waals surface area contributed by atoms with Gasteiger partial charge in [-0.2, -0.15) is 10.2 Å². The number of nitrogens with two attached hydrogens (primary N) is 2. The highest BCUT2D eigenvalue weighted by atomic mass is 33.1. The zero-order valence-corrected chi connectivity index (χ0v) is 42.7. The van der Waals surface area contributed by atoms with Crippen LogP contribution in [0.2, 0.25) is 0 Å². The van der Waals surface area contributed by atoms with Gasteiger partial charge in [0.2, 0.25) is 23.6 Å². The maximum absolute atomic E-state index is 12.7. The third-order valence-corrected chi connectivity index (χ3v) is 13.9. The lowest BCUT2D eigenvalue weighted by Gasteiger charge is -2.14. The van der Waals surface area contributed by atoms with Crippen LogP contribution in [0.3, 0.4) is 0 Å². The average Bonchev–Trinajstić information content (AvgIpc) is 3.28. The molecule has 0 aromatic carbocycles. The van der Waals surface area contributed by atoms with E-state index < -0.39 is 11.9 Å². The fraction of sp³-hybridized carbons (Fsp3) is 0.795. The molecule has 0 spiro atoms. The second kappa shape index (κ2) is 47.3. The normalized spacial score (nSPS) is 11.6. The van der Waals surface area contributed by atoms with Crippen LogP contribution < -0.4 is 43.6 Å². The Bertz CT molecular complexity index is 1360. The predicted octanol–water partition coefficient (Wildman–Crippen LogP) is 6.46. The van der Waals surface area contributed by atoms with E-state index in [4.69, 9.17) is 11.5 Å². The third kappa shape index (κ3) is 45.8. The van der Waals surface area contributed by atoms with Crippen molar-refractivity contribution in [3.05, 3.63) is 0 Å². The molecule has 0 aliphatic heterocycles. The number of carbonyl (C=O) groups excluding carboxylic acids is 6. The van der Waals surface area contributed by atoms with Crippen LogP contribution in [0.25, 0.3) is 0 Å². The maximum atomic E-state index is 12.7. The van der Waals surface area contributed by atoms with Crippen LogP contribution in [-0.4, -0.2) is 109 Å². The molecule has 0 aliphatic carbocycles. The molecule has 6 amide bonds. The molecule has 0 saturated carbocycles. The van der Waals surface area contributed by atoms with Gasteiger partial charge in [0.15, 0.2) is 5.96 Å². The van der Waals surface area contributed by atoms with Crippen molar-refractivity contribution in [1.82, 2.24) is 32.1 Å². The van der Waals surface area contributed by atoms with Crippen LogP contribution >= 0.6 is 43.2 Å². The molecule has 0 bridgehead atoms. The number of carbonyl (C=O) groups is 6. The van der Waals surface area contributed by atoms with E-state index >= 15 is 0 Å². The summed E-state index contributed by atoms with van der Waals surface area (Å²) in [5, 5.41) is 18.7. The molecule has 10 N–H and O–H groups in total. The fourth-order valence-electron chi connectivity index (χ4n) is 6.06. The first-order valence-electron chi connectivity index (χ1n) is 23.8. The van der Waals surface area contributed by atoms with Crippen LogP contribution in [0.5, 0.6) is 0 Å². The largest absolute Gasteiger partial charge is 0.370 e. The summed E-state index contributed by atoms with van der Waals surface area (Å²) in [5.41, 5.74) is 16.0. The summed E-state index contributed by atoms with van der Waals surface area (Å²) in [5.74, 6) is -1.54. The Balaban J connectivity index is 3.95. The summed E-state index contributed by atoms with van der Waals surface area (Å²) in [7, 11) is 4.99. The first-order valence-corrected chi connectivity index (χ1v) is 28.8. The summed E-state index contributed by atoms with van der Waals surface area (Å²) in [6.45, 7) is 5.13. The first-order chi connectivity index (χ1) is 31.6. The Labute approximate surface area is 405 Å². The van der Waals surface area contributed by atoms with E-state index in [1.54, 1.807) is 12.4 Å². The van der Waals surface area contributed by atoms with Crippen molar-refractivity contribution in [2.45, 2.75) is 174 Å². The van der Waals surface area contributed by atoms with E-state index in [2.05, 4.69) is 61.2 Å². The van der Waals surface area contributed by atoms with Gasteiger partial charge in [0, 0.05) is 45.0 Å². The Morgan fingerprint density at radius 2 is 0.800 bits per heavy atom. The van der Waals surface area contributed by atoms with Crippen molar-refractivity contribution in [2.75, 3.05) is 49.2 Å². The minimum Gasteiger partial charge on any atom is -0.370 e. The third-order valence-electron chi connectivity index (χ3n) is 9.63. The van der Waals surface area contributed by atoms with Gasteiger partial charge in [-0.25, -0.2) is 15.8 Å². The molecule has 17 nitrogen and oxygen atoms in total. The first kappa shape index (κ1) is 61.8. The van der Waals surface area contributed by atoms with Gasteiger partial charge >= 0.3 is 0 Å². The van der Waals surface area contributed by atoms with E-state index in [0.29, 0.717) is 0 Å². The SMILES string of the molecule is CCCCCCCCCCCC/C=N\NC(=O)CSSCC(=O)NCCNC(=O)CC[C@H](N=C(N)N)C(=O)NCCNC(=O)CSSCC(=O)N/N=C\CCCCCCCCCCCC. The topological polar surface area (TPSA) is 264 Å². The van der Waals surface area contributed by atoms with Gasteiger partial charge in [-0.1, -0.05) is 173 Å². The number of aliphatic imine (C=N–C) groups is 1. The molecule has 21 heteroatoms. The molecule has 0 heterocycles. The van der Waals surface area contributed by atoms with Crippen LogP contribution in [0.4, 0.5) is 0 Å². The lowest BCUT2D eigenvalue weighted by atomic mass is 10.1. The van der Waals surface area contributed by atoms with Crippen molar-refractivity contribution in [3.8, 4) is 0 Å². The highest BCUT2D eigenvalue weighted by Gasteiger charge is 2.19. The summed E-state index contributed by atoms with van der Waals surface area (Å²) in [4.78, 5) is 77.4. The minimum atomic E-state index is -1.01. The number of rotatable bonds is 45. The van der Waals surface area contributed by atoms with Gasteiger partial charge in [0.25, 0.3) is 11.8 Å². The molecule has 1 atom stereocenters. The Morgan fingerprint density at radius 1 is 0.462 bits per heavy atom. The Morgan fingerprint density at radius 3 is 1.18 bits per heavy atom. The molecule has 0 unspecified atom stereocenters. The molecule has 0 aliphatic rings. The van der Waals surface area contributed by atoms with Crippen molar-refractivity contribution in [2.24, 2.45) is 26.7 Å². The number of hydrogen-bond acceptors (Lipinski definition) is 13. The van der Waals surface area contributed by atoms with Gasteiger partial charge in [0.05, 0.1) is 23.0 Å². The molecule has 0 radical (unpaired) electrons. The van der Waals surface area contributed by atoms with Gasteiger partial charge in [-0.05, 0) is 32.1 Å². The second-order valence-electron chi connectivity index (χ2n) is 15.6. The summed E-state index contributed by atoms with van der Waals surface area (Å²) < 4.78 is 0. The number of nitrogens with zero attached hydrogens (tertiary/aromatic N) is 3. The number of guanidine groups is 1. The van der Waals surface area contributed by atoms with Crippen LogP contribution in [0.15, 0.2) is 15.2 Å². The number of amides is 6. The molecular weight excluding hydrogens is 907 g/mol. The van der Waals surface area contributed by atoms with Gasteiger partial charge in [-0.15, -0.1) is 0 Å². The zero-order chi connectivity index (χ0) is 47.9. The van der Waals surface area contributed by atoms with Crippen molar-refractivity contribution < 1.29 is 28.8 Å². The van der Waals surface area contributed by atoms with E-state index in [1.807, 2.05) is 0 Å². The number of unbranched alkanes of at least 4 members (excludes halogenated alkanes) is 20. The van der Waals surface area contributed by atoms with E-state index in [-0.39, 0.29) is 97.5 Å². The molecule has 65 heavy (non-hydrogen) atoms. The average molecular weight is 990 g/mol. The Kier molecular flexibility index (Phi) is 45.0. The van der Waals surface area contributed by atoms with Gasteiger partial charge in [0.1, 0.15) is 6.04 Å². The van der Waals surface area contributed by atoms with Gasteiger partial charge < -0.3 is 32.7 Å². The molecule has 0 aromatic rings. The Hall–Kier alpha value is -3.17. The lowest BCUT2D eigenvalue weighted by molar-refractivity contribution is -0.124. The number of nitrogens with one attached hydrogen (secondary N) is 6. The molecule has 0 fully saturated rings. The minimum absolute atomic E-state index is 0.0342. The molecular formula is C44H83N11O6S4. The monoisotopic (exact) mass is 990 g/mol. The predicted molar refractivity (Wildman–Crippen MR) is 277 cm³/mol. The molecule has 0 saturated heterocycles. The number of hydrazone groups is 2. The fourth-order valence-corrected chi connectivity index (χ4v) is 9.44. The lowest BCUT2D eigenvalue weighted by Crippen LogP contribution is -2.41. The van der Waals surface area contributed by atoms with E-state index in [0.717, 1.165) is 25.7 Å². The van der Waals surface area contributed by atoms with E-state index in [9.17, 15) is 28.8 Å². The highest BCUT2D eigenvalue weighted by molar-refractivity contribution is 8.77. The van der Waals surface area contributed by atoms with Crippen LogP contribution in [0, 0.1) is 0 Å². The zero-order valence-electron chi connectivity index (χ0n) is 39.4. The van der Waals surface area contributed by atoms with Crippen molar-refractivity contribution in [1.29, 1.82) is 0 Å². The number of hydrogen-bond donors (Lipinski definition) is 8. The maximum Gasteiger partial charge on any atom is 0.250 e.